The molecule has 0 aliphatic heterocycles. The smallest absolute Gasteiger partial charge is 0.272 e. The fraction of sp³-hybridized carbons (Fsp3) is 0.400. The Hall–Kier alpha value is -2.77. The molecule has 0 bridgehead atoms. The largest absolute Gasteiger partial charge is 0.301 e. The predicted octanol–water partition coefficient (Wildman–Crippen LogP) is 4.28. The highest BCUT2D eigenvalue weighted by Crippen LogP contribution is 2.31. The van der Waals surface area contributed by atoms with Gasteiger partial charge in [-0.15, -0.1) is 0 Å². The molecule has 0 saturated heterocycles. The second kappa shape index (κ2) is 6.99. The minimum Gasteiger partial charge on any atom is -0.272 e. The van der Waals surface area contributed by atoms with E-state index in [4.69, 9.17) is 0 Å². The zero-order valence-corrected chi connectivity index (χ0v) is 13.6. The van der Waals surface area contributed by atoms with Crippen molar-refractivity contribution in [2.45, 2.75) is 34.1 Å². The van der Waals surface area contributed by atoms with E-state index in [-0.39, 0.29) is 16.8 Å². The Balaban J connectivity index is 3.22. The van der Waals surface area contributed by atoms with Crippen molar-refractivity contribution in [3.8, 4) is 0 Å². The number of nitrogens with zero attached hydrogens (tertiary/aromatic N) is 3. The fourth-order valence-corrected chi connectivity index (χ4v) is 1.91. The highest BCUT2D eigenvalue weighted by atomic mass is 16.6. The van der Waals surface area contributed by atoms with Crippen molar-refractivity contribution in [3.05, 3.63) is 50.6 Å². The molecule has 1 aromatic rings. The molecule has 1 aromatic carbocycles. The first-order chi connectivity index (χ1) is 10.6. The number of nitro benzene ring substituents is 2. The van der Waals surface area contributed by atoms with Gasteiger partial charge in [-0.2, -0.15) is 5.10 Å². The zero-order chi connectivity index (χ0) is 17.8. The van der Waals surface area contributed by atoms with Crippen molar-refractivity contribution >= 4 is 22.8 Å². The Labute approximate surface area is 134 Å². The third-order valence-corrected chi connectivity index (χ3v) is 3.82. The van der Waals surface area contributed by atoms with Gasteiger partial charge < -0.3 is 0 Å². The van der Waals surface area contributed by atoms with Gasteiger partial charge in [0.05, 0.1) is 15.9 Å². The average Bonchev–Trinajstić information content (AvgIpc) is 2.47. The summed E-state index contributed by atoms with van der Waals surface area (Å²) in [7, 11) is 0. The lowest BCUT2D eigenvalue weighted by Crippen LogP contribution is -2.25. The standard InChI is InChI=1S/C15H20N4O4/c1-6-14(15(4,5)10(2)3)17-16-12-8-7-11(18(20)21)9-13(12)19(22)23/h7-9,16H,2,6H2,1,3-5H3/b17-14+. The van der Waals surface area contributed by atoms with Crippen LogP contribution in [0.5, 0.6) is 0 Å². The summed E-state index contributed by atoms with van der Waals surface area (Å²) in [5.41, 5.74) is 3.34. The summed E-state index contributed by atoms with van der Waals surface area (Å²) in [6.45, 7) is 11.7. The number of hydrogen-bond acceptors (Lipinski definition) is 6. The number of rotatable bonds is 7. The molecule has 0 aromatic heterocycles. The molecule has 0 fully saturated rings. The van der Waals surface area contributed by atoms with Gasteiger partial charge in [0.15, 0.2) is 0 Å². The lowest BCUT2D eigenvalue weighted by molar-refractivity contribution is -0.393. The molecular weight excluding hydrogens is 300 g/mol. The maximum atomic E-state index is 11.1. The van der Waals surface area contributed by atoms with Crippen molar-refractivity contribution in [2.75, 3.05) is 5.43 Å². The van der Waals surface area contributed by atoms with Crippen LogP contribution in [-0.4, -0.2) is 15.6 Å². The number of hydrogen-bond donors (Lipinski definition) is 1. The quantitative estimate of drug-likeness (QED) is 0.349. The number of nitro groups is 2. The topological polar surface area (TPSA) is 111 Å². The van der Waals surface area contributed by atoms with Gasteiger partial charge in [-0.3, -0.25) is 25.7 Å². The van der Waals surface area contributed by atoms with Crippen molar-refractivity contribution < 1.29 is 9.85 Å². The van der Waals surface area contributed by atoms with Crippen LogP contribution in [0.2, 0.25) is 0 Å². The van der Waals surface area contributed by atoms with Crippen LogP contribution in [0, 0.1) is 25.6 Å². The van der Waals surface area contributed by atoms with E-state index < -0.39 is 15.5 Å². The van der Waals surface area contributed by atoms with Crippen LogP contribution >= 0.6 is 0 Å². The minimum atomic E-state index is -0.680. The molecule has 0 atom stereocenters. The Kier molecular flexibility index (Phi) is 5.56. The fourth-order valence-electron chi connectivity index (χ4n) is 1.91. The maximum absolute atomic E-state index is 11.1. The predicted molar refractivity (Wildman–Crippen MR) is 89.7 cm³/mol. The van der Waals surface area contributed by atoms with Crippen molar-refractivity contribution in [3.63, 3.8) is 0 Å². The van der Waals surface area contributed by atoms with Gasteiger partial charge in [0.1, 0.15) is 5.69 Å². The molecule has 0 heterocycles. The van der Waals surface area contributed by atoms with Crippen LogP contribution in [0.15, 0.2) is 35.5 Å². The third-order valence-electron chi connectivity index (χ3n) is 3.82. The summed E-state index contributed by atoms with van der Waals surface area (Å²) in [5.74, 6) is 0. The summed E-state index contributed by atoms with van der Waals surface area (Å²) < 4.78 is 0. The van der Waals surface area contributed by atoms with E-state index in [0.717, 1.165) is 17.4 Å². The van der Waals surface area contributed by atoms with Crippen LogP contribution < -0.4 is 5.43 Å². The molecule has 1 rings (SSSR count). The van der Waals surface area contributed by atoms with E-state index in [2.05, 4.69) is 17.1 Å². The van der Waals surface area contributed by atoms with E-state index in [1.165, 1.54) is 12.1 Å². The first-order valence-electron chi connectivity index (χ1n) is 7.03. The lowest BCUT2D eigenvalue weighted by Gasteiger charge is -2.26. The van der Waals surface area contributed by atoms with Gasteiger partial charge in [0, 0.05) is 17.2 Å². The highest BCUT2D eigenvalue weighted by molar-refractivity contribution is 5.92. The van der Waals surface area contributed by atoms with Gasteiger partial charge >= 0.3 is 5.69 Å². The van der Waals surface area contributed by atoms with Crippen LogP contribution in [0.4, 0.5) is 17.1 Å². The monoisotopic (exact) mass is 320 g/mol. The zero-order valence-electron chi connectivity index (χ0n) is 13.6. The summed E-state index contributed by atoms with van der Waals surface area (Å²) >= 11 is 0. The van der Waals surface area contributed by atoms with E-state index in [0.29, 0.717) is 6.42 Å². The van der Waals surface area contributed by atoms with Crippen molar-refractivity contribution in [1.82, 2.24) is 0 Å². The molecule has 0 spiro atoms. The normalized spacial score (nSPS) is 11.9. The molecule has 0 amide bonds. The van der Waals surface area contributed by atoms with Crippen molar-refractivity contribution in [2.24, 2.45) is 10.5 Å². The van der Waals surface area contributed by atoms with E-state index >= 15 is 0 Å². The van der Waals surface area contributed by atoms with Gasteiger partial charge in [-0.1, -0.05) is 32.9 Å². The number of hydrazone groups is 1. The molecule has 0 unspecified atom stereocenters. The Morgan fingerprint density at radius 3 is 2.35 bits per heavy atom. The lowest BCUT2D eigenvalue weighted by atomic mass is 9.80. The first-order valence-corrected chi connectivity index (χ1v) is 7.03. The molecule has 0 saturated carbocycles. The van der Waals surface area contributed by atoms with Gasteiger partial charge in [-0.05, 0) is 19.4 Å². The Morgan fingerprint density at radius 2 is 1.91 bits per heavy atom. The molecule has 8 nitrogen and oxygen atoms in total. The highest BCUT2D eigenvalue weighted by Gasteiger charge is 2.25. The minimum absolute atomic E-state index is 0.101. The number of anilines is 1. The molecular formula is C15H20N4O4. The Bertz CT molecular complexity index is 680. The molecule has 23 heavy (non-hydrogen) atoms. The molecule has 1 N–H and O–H groups in total. The van der Waals surface area contributed by atoms with E-state index in [1.807, 2.05) is 27.7 Å². The van der Waals surface area contributed by atoms with Gasteiger partial charge in [0.25, 0.3) is 5.69 Å². The second-order valence-corrected chi connectivity index (χ2v) is 5.64. The summed E-state index contributed by atoms with van der Waals surface area (Å²) in [4.78, 5) is 20.5. The SMILES string of the molecule is C=C(C)C(C)(C)/C(CC)=N/Nc1ccc([N+](=O)[O-])cc1[N+](=O)[O-]. The first kappa shape index (κ1) is 18.3. The van der Waals surface area contributed by atoms with Crippen LogP contribution in [-0.2, 0) is 0 Å². The molecule has 124 valence electrons. The Morgan fingerprint density at radius 1 is 1.30 bits per heavy atom. The maximum Gasteiger partial charge on any atom is 0.301 e. The van der Waals surface area contributed by atoms with Crippen LogP contribution in [0.25, 0.3) is 0 Å². The molecule has 0 radical (unpaired) electrons. The summed E-state index contributed by atoms with van der Waals surface area (Å²) in [6.07, 6.45) is 0.633. The van der Waals surface area contributed by atoms with E-state index in [1.54, 1.807) is 0 Å². The van der Waals surface area contributed by atoms with Crippen LogP contribution in [0.3, 0.4) is 0 Å². The van der Waals surface area contributed by atoms with Gasteiger partial charge in [-0.25, -0.2) is 0 Å². The number of benzene rings is 1. The summed E-state index contributed by atoms with van der Waals surface area (Å²) in [5, 5.41) is 26.1. The molecule has 8 heteroatoms. The van der Waals surface area contributed by atoms with Crippen molar-refractivity contribution in [1.29, 1.82) is 0 Å². The van der Waals surface area contributed by atoms with Gasteiger partial charge in [0.2, 0.25) is 0 Å². The molecule has 0 aliphatic carbocycles. The van der Waals surface area contributed by atoms with Crippen LogP contribution in [0.1, 0.15) is 34.1 Å². The number of nitrogens with one attached hydrogen (secondary N) is 1. The number of non-ortho nitro benzene ring substituents is 1. The number of allylic oxidation sites excluding steroid dienone is 1. The second-order valence-electron chi connectivity index (χ2n) is 5.64. The average molecular weight is 320 g/mol. The van der Waals surface area contributed by atoms with E-state index in [9.17, 15) is 20.2 Å². The molecule has 0 aliphatic rings. The third kappa shape index (κ3) is 4.12. The summed E-state index contributed by atoms with van der Waals surface area (Å²) in [6, 6.07) is 3.38.